The summed E-state index contributed by atoms with van der Waals surface area (Å²) >= 11 is 0. The van der Waals surface area contributed by atoms with Gasteiger partial charge in [0.25, 0.3) is 0 Å². The third-order valence-electron chi connectivity index (χ3n) is 31.0. The predicted molar refractivity (Wildman–Crippen MR) is 455 cm³/mol. The molecule has 0 aliphatic carbocycles. The van der Waals surface area contributed by atoms with E-state index in [4.69, 9.17) is 85.3 Å². The zero-order valence-corrected chi connectivity index (χ0v) is 81.1. The SMILES string of the molecule is CC1C(OC(=O)OC(CCCC(=O)OCC(C)(C)C2OCC3(CO2)COC(C(C)(C)COC(=O)CCCC(OC(=O)OC2CC(C)(C)N(C)C(C)C2C)(OC(=O)OC2CC(C)(C)N(C)C(C)C2C)OC(=O)OC2CC(C)(C)N(C)C(C)C2C)OC3)(OC(=O)OC2CC(C)(C)N(C)C(C)C2C)OC(=O)OC2CC(C)(C)N(C)C(C)C2C)CC(C)(C)N(C)C1C. The number of hydrogen-bond acceptors (Lipinski definition) is 32. The molecular weight excluding hydrogens is 1590 g/mol. The lowest BCUT2D eigenvalue weighted by Gasteiger charge is -2.50. The number of esters is 2. The van der Waals surface area contributed by atoms with E-state index in [-0.39, 0.29) is 137 Å². The van der Waals surface area contributed by atoms with Crippen molar-refractivity contribution >= 4 is 48.9 Å². The van der Waals surface area contributed by atoms with Crippen molar-refractivity contribution in [2.75, 3.05) is 81.9 Å². The van der Waals surface area contributed by atoms with Crippen molar-refractivity contribution in [1.82, 2.24) is 29.4 Å². The molecular formula is C91H158N6O26. The first kappa shape index (κ1) is 103. The van der Waals surface area contributed by atoms with Crippen LogP contribution in [0.3, 0.4) is 0 Å². The van der Waals surface area contributed by atoms with Crippen LogP contribution in [0.2, 0.25) is 0 Å². The number of rotatable bonds is 26. The van der Waals surface area contributed by atoms with Crippen molar-refractivity contribution in [3.05, 3.63) is 0 Å². The summed E-state index contributed by atoms with van der Waals surface area (Å²) in [6, 6.07) is -0.171. The van der Waals surface area contributed by atoms with Crippen molar-refractivity contribution in [3.8, 4) is 0 Å². The molecule has 0 aromatic carbocycles. The molecule has 0 N–H and O–H groups in total. The first-order chi connectivity index (χ1) is 56.5. The van der Waals surface area contributed by atoms with E-state index in [0.717, 1.165) is 0 Å². The number of nitrogens with zero attached hydrogens (tertiary/aromatic N) is 6. The number of piperidine rings is 6. The highest BCUT2D eigenvalue weighted by Gasteiger charge is 2.57. The summed E-state index contributed by atoms with van der Waals surface area (Å²) in [5.41, 5.74) is -5.05. The van der Waals surface area contributed by atoms with Crippen LogP contribution in [0.15, 0.2) is 0 Å². The van der Waals surface area contributed by atoms with Crippen LogP contribution in [0.5, 0.6) is 0 Å². The lowest BCUT2D eigenvalue weighted by molar-refractivity contribution is -0.337. The molecule has 18 unspecified atom stereocenters. The van der Waals surface area contributed by atoms with Crippen LogP contribution in [0.25, 0.3) is 0 Å². The first-order valence-electron chi connectivity index (χ1n) is 45.0. The minimum absolute atomic E-state index is 0.0284. The van der Waals surface area contributed by atoms with Crippen LogP contribution in [0.4, 0.5) is 28.8 Å². The molecule has 18 atom stereocenters. The molecule has 32 heteroatoms. The minimum Gasteiger partial charge on any atom is -0.465 e. The van der Waals surface area contributed by atoms with Gasteiger partial charge in [0.05, 0.1) is 44.7 Å². The second-order valence-electron chi connectivity index (χ2n) is 43.2. The molecule has 0 aromatic heterocycles. The Hall–Kier alpha value is -5.84. The second-order valence-corrected chi connectivity index (χ2v) is 43.2. The van der Waals surface area contributed by atoms with E-state index in [2.05, 4.69) is 29.4 Å². The highest BCUT2D eigenvalue weighted by molar-refractivity contribution is 5.70. The molecule has 8 heterocycles. The lowest BCUT2D eigenvalue weighted by Crippen LogP contribution is -2.59. The van der Waals surface area contributed by atoms with Crippen LogP contribution in [-0.4, -0.2) is 291 Å². The van der Waals surface area contributed by atoms with Gasteiger partial charge in [-0.25, -0.2) is 28.8 Å². The molecule has 123 heavy (non-hydrogen) atoms. The summed E-state index contributed by atoms with van der Waals surface area (Å²) in [5, 5.41) is 0. The molecule has 8 aliphatic rings. The van der Waals surface area contributed by atoms with Gasteiger partial charge in [0.1, 0.15) is 49.8 Å². The fourth-order valence-corrected chi connectivity index (χ4v) is 19.2. The van der Waals surface area contributed by atoms with Crippen molar-refractivity contribution in [1.29, 1.82) is 0 Å². The van der Waals surface area contributed by atoms with Gasteiger partial charge in [0, 0.05) is 167 Å². The van der Waals surface area contributed by atoms with Gasteiger partial charge in [-0.15, -0.1) is 0 Å². The molecule has 0 saturated carbocycles. The van der Waals surface area contributed by atoms with Crippen LogP contribution in [0.1, 0.15) is 271 Å². The molecule has 8 fully saturated rings. The van der Waals surface area contributed by atoms with Gasteiger partial charge in [0.15, 0.2) is 12.6 Å². The summed E-state index contributed by atoms with van der Waals surface area (Å²) in [7, 11) is 12.1. The topological polar surface area (TPSA) is 322 Å². The molecule has 0 amide bonds. The second kappa shape index (κ2) is 39.2. The zero-order valence-electron chi connectivity index (χ0n) is 81.1. The summed E-state index contributed by atoms with van der Waals surface area (Å²) < 4.78 is 110. The van der Waals surface area contributed by atoms with Gasteiger partial charge in [-0.05, 0) is 180 Å². The van der Waals surface area contributed by atoms with Gasteiger partial charge in [-0.1, -0.05) is 69.2 Å². The van der Waals surface area contributed by atoms with E-state index in [1.807, 2.05) is 236 Å². The van der Waals surface area contributed by atoms with E-state index >= 15 is 0 Å². The van der Waals surface area contributed by atoms with E-state index < -0.39 is 172 Å². The maximum absolute atomic E-state index is 14.5. The molecule has 708 valence electrons. The fraction of sp³-hybridized carbons (Fsp3) is 0.912. The van der Waals surface area contributed by atoms with E-state index in [1.165, 1.54) is 0 Å². The molecule has 32 nitrogen and oxygen atoms in total. The Bertz CT molecular complexity index is 3110. The number of carbonyl (C=O) groups is 8. The van der Waals surface area contributed by atoms with E-state index in [0.29, 0.717) is 38.5 Å². The van der Waals surface area contributed by atoms with Gasteiger partial charge < -0.3 is 85.3 Å². The predicted octanol–water partition coefficient (Wildman–Crippen LogP) is 15.5. The highest BCUT2D eigenvalue weighted by atomic mass is 17.0. The Balaban J connectivity index is 0.902. The Morgan fingerprint density at radius 3 is 0.642 bits per heavy atom. The van der Waals surface area contributed by atoms with Gasteiger partial charge in [-0.2, -0.15) is 0 Å². The number of carbonyl (C=O) groups excluding carboxylic acids is 8. The van der Waals surface area contributed by atoms with Crippen LogP contribution in [0, 0.1) is 51.8 Å². The van der Waals surface area contributed by atoms with Crippen molar-refractivity contribution in [2.24, 2.45) is 51.8 Å². The normalized spacial score (nSPS) is 35.3. The van der Waals surface area contributed by atoms with Crippen LogP contribution < -0.4 is 0 Å². The average Bonchev–Trinajstić information content (AvgIpc) is 0.795. The molecule has 1 spiro atoms. The Kier molecular flexibility index (Phi) is 32.7. The van der Waals surface area contributed by atoms with Gasteiger partial charge in [-0.3, -0.25) is 39.0 Å². The largest absolute Gasteiger partial charge is 0.514 e. The first-order valence-corrected chi connectivity index (χ1v) is 45.0. The van der Waals surface area contributed by atoms with Gasteiger partial charge >= 0.3 is 60.8 Å². The lowest BCUT2D eigenvalue weighted by atomic mass is 9.79. The van der Waals surface area contributed by atoms with Gasteiger partial charge in [0.2, 0.25) is 0 Å². The van der Waals surface area contributed by atoms with E-state index in [9.17, 15) is 38.4 Å². The highest BCUT2D eigenvalue weighted by Crippen LogP contribution is 2.46. The third-order valence-corrected chi connectivity index (χ3v) is 31.0. The molecule has 0 bridgehead atoms. The summed E-state index contributed by atoms with van der Waals surface area (Å²) in [4.78, 5) is 128. The maximum Gasteiger partial charge on any atom is 0.514 e. The smallest absolute Gasteiger partial charge is 0.465 e. The average molecular weight is 1750 g/mol. The summed E-state index contributed by atoms with van der Waals surface area (Å²) in [6.45, 7) is 56.0. The number of likely N-dealkylation sites (tertiary alicyclic amines) is 6. The molecule has 0 aromatic rings. The summed E-state index contributed by atoms with van der Waals surface area (Å²) in [6.07, 6.45) is -13.3. The number of ether oxygens (including phenoxy) is 18. The fourth-order valence-electron chi connectivity index (χ4n) is 19.2. The molecule has 0 radical (unpaired) electrons. The van der Waals surface area contributed by atoms with E-state index in [1.54, 1.807) is 0 Å². The quantitative estimate of drug-likeness (QED) is 0.0441. The third kappa shape index (κ3) is 24.6. The monoisotopic (exact) mass is 1750 g/mol. The van der Waals surface area contributed by atoms with Crippen LogP contribution >= 0.6 is 0 Å². The van der Waals surface area contributed by atoms with Crippen molar-refractivity contribution in [3.63, 3.8) is 0 Å². The van der Waals surface area contributed by atoms with Crippen molar-refractivity contribution in [2.45, 2.75) is 402 Å². The maximum atomic E-state index is 14.5. The Morgan fingerprint density at radius 1 is 0.301 bits per heavy atom. The Labute approximate surface area is 733 Å². The minimum atomic E-state index is -2.87. The molecule has 8 rings (SSSR count). The van der Waals surface area contributed by atoms with Crippen LogP contribution in [-0.2, 0) is 94.9 Å². The zero-order chi connectivity index (χ0) is 92.6. The summed E-state index contributed by atoms with van der Waals surface area (Å²) in [5.74, 6) is -8.23. The number of hydrogen-bond donors (Lipinski definition) is 0. The molecule has 8 saturated heterocycles. The molecule has 8 aliphatic heterocycles. The van der Waals surface area contributed by atoms with Crippen molar-refractivity contribution < 1.29 is 124 Å². The standard InChI is InChI=1S/C91H158N6O26/c1-53-59(7)92(29)83(17,18)41-65(53)112-75(100)118-90(119-76(101)113-66-42-84(19,20)93(30)60(8)54(66)2,120-77(102)114-67-43-85(21,22)94(31)61(9)55(67)3)39-35-37-71(98)106-47-81(13,14)73-108-49-89(50-109-73)51-110-74(111-52-89)82(15,16)48-107-72(99)38-36-40-91(121-78(103)115-68-44-86(23,24)95(32)62(10)56(68)4,122-79(104)116-69-45-87(25,26)96(33)63(11)57(69)5)123-80(105)117-70-46-88(27,28)97(34)64(12)58(70)6/h53-70,73-74H,35-52H2,1-34H3. The Morgan fingerprint density at radius 2 is 0.472 bits per heavy atom.